The van der Waals surface area contributed by atoms with Gasteiger partial charge < -0.3 is 20.5 Å². The number of hydrogen-bond acceptors (Lipinski definition) is 7. The van der Waals surface area contributed by atoms with Gasteiger partial charge in [0.2, 0.25) is 0 Å². The topological polar surface area (TPSA) is 102 Å². The van der Waals surface area contributed by atoms with Crippen molar-refractivity contribution in [1.82, 2.24) is 19.5 Å². The van der Waals surface area contributed by atoms with E-state index < -0.39 is 0 Å². The normalized spacial score (nSPS) is 15.3. The van der Waals surface area contributed by atoms with Crippen molar-refractivity contribution in [2.75, 3.05) is 29.0 Å². The number of piperidine rings is 1. The Kier molecular flexibility index (Phi) is 4.39. The van der Waals surface area contributed by atoms with Crippen LogP contribution in [0.5, 0.6) is 0 Å². The maximum absolute atomic E-state index is 11.8. The van der Waals surface area contributed by atoms with Crippen LogP contribution in [0, 0.1) is 0 Å². The van der Waals surface area contributed by atoms with Crippen LogP contribution >= 0.6 is 0 Å². The van der Waals surface area contributed by atoms with Gasteiger partial charge in [-0.05, 0) is 25.0 Å². The van der Waals surface area contributed by atoms with Crippen LogP contribution in [-0.2, 0) is 7.05 Å². The molecule has 3 heterocycles. The number of rotatable bonds is 4. The van der Waals surface area contributed by atoms with Gasteiger partial charge in [-0.3, -0.25) is 4.79 Å². The summed E-state index contributed by atoms with van der Waals surface area (Å²) in [6, 6.07) is 8.19. The van der Waals surface area contributed by atoms with Crippen molar-refractivity contribution in [2.24, 2.45) is 7.05 Å². The predicted octanol–water partition coefficient (Wildman–Crippen LogP) is 2.23. The first-order chi connectivity index (χ1) is 13.0. The van der Waals surface area contributed by atoms with Gasteiger partial charge >= 0.3 is 0 Å². The van der Waals surface area contributed by atoms with Crippen molar-refractivity contribution < 1.29 is 4.79 Å². The molecule has 8 heteroatoms. The number of ketones is 1. The number of nitrogens with zero attached hydrogens (tertiary/aromatic N) is 5. The minimum atomic E-state index is -0.0789. The molecule has 8 nitrogen and oxygen atoms in total. The van der Waals surface area contributed by atoms with Gasteiger partial charge in [-0.15, -0.1) is 0 Å². The molecule has 0 spiro atoms. The largest absolute Gasteiger partial charge is 0.397 e. The fourth-order valence-corrected chi connectivity index (χ4v) is 3.62. The Morgan fingerprint density at radius 3 is 2.67 bits per heavy atom. The molecule has 0 aliphatic carbocycles. The Morgan fingerprint density at radius 2 is 1.96 bits per heavy atom. The molecule has 0 atom stereocenters. The summed E-state index contributed by atoms with van der Waals surface area (Å²) in [6.45, 7) is 3.21. The third-order valence-electron chi connectivity index (χ3n) is 5.07. The smallest absolute Gasteiger partial charge is 0.195 e. The molecule has 0 unspecified atom stereocenters. The molecule has 3 aromatic rings. The molecule has 1 aliphatic rings. The van der Waals surface area contributed by atoms with Gasteiger partial charge in [0.1, 0.15) is 6.33 Å². The first-order valence-corrected chi connectivity index (χ1v) is 9.09. The molecule has 1 fully saturated rings. The molecule has 0 saturated carbocycles. The summed E-state index contributed by atoms with van der Waals surface area (Å²) in [5, 5.41) is 3.54. The van der Waals surface area contributed by atoms with Crippen molar-refractivity contribution in [3.63, 3.8) is 0 Å². The highest BCUT2D eigenvalue weighted by atomic mass is 16.1. The number of aromatic nitrogens is 4. The van der Waals surface area contributed by atoms with Gasteiger partial charge in [-0.25, -0.2) is 15.0 Å². The van der Waals surface area contributed by atoms with E-state index in [1.165, 1.54) is 13.3 Å². The number of nitrogens with two attached hydrogens (primary N) is 1. The summed E-state index contributed by atoms with van der Waals surface area (Å²) in [5.74, 6) is 1.12. The number of nitrogen functional groups attached to an aromatic ring is 1. The van der Waals surface area contributed by atoms with Gasteiger partial charge in [0.25, 0.3) is 0 Å². The van der Waals surface area contributed by atoms with Crippen molar-refractivity contribution in [2.45, 2.75) is 25.8 Å². The van der Waals surface area contributed by atoms with Crippen LogP contribution < -0.4 is 16.0 Å². The summed E-state index contributed by atoms with van der Waals surface area (Å²) in [5.41, 5.74) is 9.15. The lowest BCUT2D eigenvalue weighted by atomic mass is 10.0. The number of fused-ring (bicyclic) bond motifs is 1. The molecular formula is C19H23N7O. The lowest BCUT2D eigenvalue weighted by Gasteiger charge is -2.33. The van der Waals surface area contributed by atoms with Gasteiger partial charge in [0.05, 0.1) is 11.4 Å². The van der Waals surface area contributed by atoms with Crippen LogP contribution in [0.25, 0.3) is 11.2 Å². The summed E-state index contributed by atoms with van der Waals surface area (Å²) >= 11 is 0. The number of anilines is 3. The molecule has 2 aromatic heterocycles. The maximum Gasteiger partial charge on any atom is 0.195 e. The standard InChI is InChI=1S/C19H23N7O/c1-12(27)17-24-16-18(25(17)2)21-11-22-19(16)26-9-7-13(8-10-26)23-15-6-4-3-5-14(15)20/h3-6,11,13,23H,7-10,20H2,1-2H3. The van der Waals surface area contributed by atoms with E-state index >= 15 is 0 Å². The van der Waals surface area contributed by atoms with Crippen LogP contribution in [0.15, 0.2) is 30.6 Å². The number of aryl methyl sites for hydroxylation is 1. The number of Topliss-reactive ketones (excluding diaryl/α,β-unsaturated/α-hetero) is 1. The summed E-state index contributed by atoms with van der Waals surface area (Å²) < 4.78 is 1.73. The zero-order valence-corrected chi connectivity index (χ0v) is 15.5. The monoisotopic (exact) mass is 365 g/mol. The minimum Gasteiger partial charge on any atom is -0.397 e. The second-order valence-corrected chi connectivity index (χ2v) is 6.91. The third-order valence-corrected chi connectivity index (χ3v) is 5.07. The van der Waals surface area contributed by atoms with E-state index in [1.807, 2.05) is 31.3 Å². The maximum atomic E-state index is 11.8. The van der Waals surface area contributed by atoms with Crippen LogP contribution in [0.2, 0.25) is 0 Å². The number of para-hydroxylation sites is 2. The average molecular weight is 365 g/mol. The van der Waals surface area contributed by atoms with Crippen molar-refractivity contribution in [3.05, 3.63) is 36.4 Å². The van der Waals surface area contributed by atoms with Gasteiger partial charge in [0.15, 0.2) is 28.6 Å². The molecule has 140 valence electrons. The highest BCUT2D eigenvalue weighted by molar-refractivity contribution is 5.96. The number of carbonyl (C=O) groups excluding carboxylic acids is 1. The van der Waals surface area contributed by atoms with Gasteiger partial charge in [-0.1, -0.05) is 12.1 Å². The second-order valence-electron chi connectivity index (χ2n) is 6.91. The Hall–Kier alpha value is -3.16. The van der Waals surface area contributed by atoms with Crippen LogP contribution in [0.4, 0.5) is 17.2 Å². The molecular weight excluding hydrogens is 342 g/mol. The first-order valence-electron chi connectivity index (χ1n) is 9.09. The fraction of sp³-hybridized carbons (Fsp3) is 0.368. The van der Waals surface area contributed by atoms with Crippen molar-refractivity contribution >= 4 is 34.1 Å². The predicted molar refractivity (Wildman–Crippen MR) is 106 cm³/mol. The van der Waals surface area contributed by atoms with Crippen LogP contribution in [-0.4, -0.2) is 44.4 Å². The molecule has 0 radical (unpaired) electrons. The number of imidazole rings is 1. The number of carbonyl (C=O) groups is 1. The Morgan fingerprint density at radius 1 is 1.22 bits per heavy atom. The van der Waals surface area contributed by atoms with Crippen molar-refractivity contribution in [1.29, 1.82) is 0 Å². The van der Waals surface area contributed by atoms with E-state index in [0.717, 1.165) is 43.1 Å². The lowest BCUT2D eigenvalue weighted by Crippen LogP contribution is -2.39. The molecule has 27 heavy (non-hydrogen) atoms. The number of nitrogens with one attached hydrogen (secondary N) is 1. The quantitative estimate of drug-likeness (QED) is 0.540. The summed E-state index contributed by atoms with van der Waals surface area (Å²) in [4.78, 5) is 27.3. The van der Waals surface area contributed by atoms with Crippen molar-refractivity contribution in [3.8, 4) is 0 Å². The highest BCUT2D eigenvalue weighted by Gasteiger charge is 2.24. The SMILES string of the molecule is CC(=O)c1nc2c(N3CCC(Nc4ccccc4N)CC3)ncnc2n1C. The third kappa shape index (κ3) is 3.18. The number of hydrogen-bond donors (Lipinski definition) is 2. The van der Waals surface area contributed by atoms with E-state index in [9.17, 15) is 4.79 Å². The van der Waals surface area contributed by atoms with E-state index in [4.69, 9.17) is 5.73 Å². The zero-order valence-electron chi connectivity index (χ0n) is 15.5. The second kappa shape index (κ2) is 6.86. The molecule has 3 N–H and O–H groups in total. The fourth-order valence-electron chi connectivity index (χ4n) is 3.62. The van der Waals surface area contributed by atoms with E-state index in [1.54, 1.807) is 4.57 Å². The molecule has 1 aliphatic heterocycles. The van der Waals surface area contributed by atoms with E-state index in [2.05, 4.69) is 25.2 Å². The van der Waals surface area contributed by atoms with Crippen LogP contribution in [0.3, 0.4) is 0 Å². The minimum absolute atomic E-state index is 0.0789. The van der Waals surface area contributed by atoms with E-state index in [0.29, 0.717) is 23.0 Å². The lowest BCUT2D eigenvalue weighted by molar-refractivity contribution is 0.100. The molecule has 4 rings (SSSR count). The highest BCUT2D eigenvalue weighted by Crippen LogP contribution is 2.27. The summed E-state index contributed by atoms with van der Waals surface area (Å²) in [7, 11) is 1.81. The Bertz CT molecular complexity index is 989. The zero-order chi connectivity index (χ0) is 19.0. The summed E-state index contributed by atoms with van der Waals surface area (Å²) in [6.07, 6.45) is 3.47. The molecule has 1 saturated heterocycles. The Balaban J connectivity index is 1.52. The van der Waals surface area contributed by atoms with Crippen LogP contribution in [0.1, 0.15) is 30.4 Å². The van der Waals surface area contributed by atoms with Gasteiger partial charge in [0, 0.05) is 33.1 Å². The average Bonchev–Trinajstić information content (AvgIpc) is 3.02. The Labute approximate surface area is 157 Å². The van der Waals surface area contributed by atoms with E-state index in [-0.39, 0.29) is 5.78 Å². The molecule has 1 aromatic carbocycles. The first kappa shape index (κ1) is 17.3. The van der Waals surface area contributed by atoms with Gasteiger partial charge in [-0.2, -0.15) is 0 Å². The molecule has 0 amide bonds. The molecule has 0 bridgehead atoms. The number of benzene rings is 1.